The number of aromatic nitrogens is 3. The molecule has 0 aliphatic heterocycles. The Kier molecular flexibility index (Phi) is 1.75. The molecule has 0 spiro atoms. The van der Waals surface area contributed by atoms with E-state index < -0.39 is 0 Å². The molecule has 1 radical (unpaired) electrons. The Morgan fingerprint density at radius 2 is 1.92 bits per heavy atom. The normalized spacial score (nSPS) is 10.0. The molecule has 0 saturated heterocycles. The molecule has 1 heterocycles. The smallest absolute Gasteiger partial charge is 0.150 e. The maximum Gasteiger partial charge on any atom is 0.150 e. The van der Waals surface area contributed by atoms with Crippen LogP contribution >= 0.6 is 12.6 Å². The number of nitrogens with zero attached hydrogens (tertiary/aromatic N) is 3. The van der Waals surface area contributed by atoms with Crippen LogP contribution in [0.15, 0.2) is 41.6 Å². The van der Waals surface area contributed by atoms with Gasteiger partial charge in [-0.25, -0.2) is 4.68 Å². The standard InChI is InChI=1S/C8H6N3S/c12-8-6-9-10-11(8)7-4-2-1-3-5-7/h1-6H. The summed E-state index contributed by atoms with van der Waals surface area (Å²) in [5.74, 6) is 0. The molecule has 0 aliphatic carbocycles. The van der Waals surface area contributed by atoms with Gasteiger partial charge in [0.05, 0.1) is 11.9 Å². The van der Waals surface area contributed by atoms with Crippen LogP contribution in [-0.2, 0) is 0 Å². The molecule has 12 heavy (non-hydrogen) atoms. The summed E-state index contributed by atoms with van der Waals surface area (Å²) in [5, 5.41) is 8.18. The molecule has 0 fully saturated rings. The van der Waals surface area contributed by atoms with E-state index in [1.165, 1.54) is 0 Å². The predicted octanol–water partition coefficient (Wildman–Crippen LogP) is 1.82. The molecule has 0 unspecified atom stereocenters. The Morgan fingerprint density at radius 1 is 1.17 bits per heavy atom. The van der Waals surface area contributed by atoms with Gasteiger partial charge in [-0.1, -0.05) is 36.0 Å². The summed E-state index contributed by atoms with van der Waals surface area (Å²) in [7, 11) is 0. The molecule has 4 heteroatoms. The van der Waals surface area contributed by atoms with Gasteiger partial charge in [0.1, 0.15) is 5.03 Å². The number of para-hydroxylation sites is 1. The summed E-state index contributed by atoms with van der Waals surface area (Å²) in [6.45, 7) is 0. The molecular formula is C8H6N3S. The van der Waals surface area contributed by atoms with Crippen LogP contribution in [-0.4, -0.2) is 15.0 Å². The van der Waals surface area contributed by atoms with Gasteiger partial charge in [-0.15, -0.1) is 5.10 Å². The molecule has 0 N–H and O–H groups in total. The zero-order valence-corrected chi connectivity index (χ0v) is 7.03. The van der Waals surface area contributed by atoms with E-state index in [1.807, 2.05) is 30.3 Å². The second-order valence-corrected chi connectivity index (χ2v) is 2.74. The average molecular weight is 176 g/mol. The monoisotopic (exact) mass is 176 g/mol. The molecule has 2 rings (SSSR count). The Labute approximate surface area is 75.4 Å². The maximum absolute atomic E-state index is 5.01. The zero-order valence-electron chi connectivity index (χ0n) is 6.21. The summed E-state index contributed by atoms with van der Waals surface area (Å²) in [5.41, 5.74) is 0.944. The maximum atomic E-state index is 5.01. The first-order chi connectivity index (χ1) is 5.88. The van der Waals surface area contributed by atoms with E-state index in [0.29, 0.717) is 5.03 Å². The third-order valence-corrected chi connectivity index (χ3v) is 1.80. The van der Waals surface area contributed by atoms with E-state index in [2.05, 4.69) is 10.3 Å². The molecule has 0 atom stereocenters. The van der Waals surface area contributed by atoms with Crippen molar-refractivity contribution in [3.63, 3.8) is 0 Å². The average Bonchev–Trinajstić information content (AvgIpc) is 2.53. The van der Waals surface area contributed by atoms with E-state index in [9.17, 15) is 0 Å². The van der Waals surface area contributed by atoms with Crippen LogP contribution in [0.25, 0.3) is 5.69 Å². The van der Waals surface area contributed by atoms with E-state index in [4.69, 9.17) is 12.6 Å². The second-order valence-electron chi connectivity index (χ2n) is 2.32. The van der Waals surface area contributed by atoms with Gasteiger partial charge in [0.15, 0.2) is 0 Å². The van der Waals surface area contributed by atoms with Gasteiger partial charge in [0.2, 0.25) is 0 Å². The third-order valence-electron chi connectivity index (χ3n) is 1.52. The van der Waals surface area contributed by atoms with Crippen molar-refractivity contribution in [2.75, 3.05) is 0 Å². The van der Waals surface area contributed by atoms with Crippen LogP contribution in [0.4, 0.5) is 0 Å². The molecule has 1 aromatic heterocycles. The van der Waals surface area contributed by atoms with Crippen molar-refractivity contribution in [1.29, 1.82) is 0 Å². The van der Waals surface area contributed by atoms with Gasteiger partial charge in [0.25, 0.3) is 0 Å². The van der Waals surface area contributed by atoms with Crippen molar-refractivity contribution in [3.05, 3.63) is 36.5 Å². The molecular weight excluding hydrogens is 170 g/mol. The fraction of sp³-hybridized carbons (Fsp3) is 0. The minimum atomic E-state index is 0.626. The van der Waals surface area contributed by atoms with Crippen molar-refractivity contribution in [1.82, 2.24) is 15.0 Å². The van der Waals surface area contributed by atoms with Crippen LogP contribution in [0.1, 0.15) is 0 Å². The Hall–Kier alpha value is -1.42. The first-order valence-electron chi connectivity index (χ1n) is 3.51. The first kappa shape index (κ1) is 7.24. The van der Waals surface area contributed by atoms with Crippen molar-refractivity contribution in [2.24, 2.45) is 0 Å². The summed E-state index contributed by atoms with van der Waals surface area (Å²) < 4.78 is 1.62. The highest BCUT2D eigenvalue weighted by molar-refractivity contribution is 7.80. The molecule has 3 nitrogen and oxygen atoms in total. The van der Waals surface area contributed by atoms with Crippen LogP contribution in [0.5, 0.6) is 0 Å². The minimum absolute atomic E-state index is 0.626. The van der Waals surface area contributed by atoms with Crippen LogP contribution in [0.2, 0.25) is 0 Å². The van der Waals surface area contributed by atoms with Gasteiger partial charge in [-0.05, 0) is 12.1 Å². The van der Waals surface area contributed by atoms with Gasteiger partial charge in [0, 0.05) is 0 Å². The van der Waals surface area contributed by atoms with E-state index in [1.54, 1.807) is 10.9 Å². The fourth-order valence-corrected chi connectivity index (χ4v) is 1.16. The van der Waals surface area contributed by atoms with Crippen molar-refractivity contribution in [2.45, 2.75) is 5.03 Å². The largest absolute Gasteiger partial charge is 0.203 e. The highest BCUT2D eigenvalue weighted by Gasteiger charge is 2.00. The summed E-state index contributed by atoms with van der Waals surface area (Å²) in [6, 6.07) is 9.69. The number of hydrogen-bond donors (Lipinski definition) is 0. The van der Waals surface area contributed by atoms with Crippen LogP contribution in [0, 0.1) is 0 Å². The zero-order chi connectivity index (χ0) is 8.39. The molecule has 59 valence electrons. The molecule has 1 aromatic carbocycles. The fourth-order valence-electron chi connectivity index (χ4n) is 0.974. The first-order valence-corrected chi connectivity index (χ1v) is 3.92. The van der Waals surface area contributed by atoms with E-state index in [0.717, 1.165) is 5.69 Å². The highest BCUT2D eigenvalue weighted by atomic mass is 32.1. The topological polar surface area (TPSA) is 30.7 Å². The van der Waals surface area contributed by atoms with E-state index in [-0.39, 0.29) is 0 Å². The quantitative estimate of drug-likeness (QED) is 0.663. The number of rotatable bonds is 1. The van der Waals surface area contributed by atoms with E-state index >= 15 is 0 Å². The lowest BCUT2D eigenvalue weighted by atomic mass is 10.3. The summed E-state index contributed by atoms with van der Waals surface area (Å²) >= 11 is 5.01. The van der Waals surface area contributed by atoms with Crippen LogP contribution < -0.4 is 0 Å². The second kappa shape index (κ2) is 2.91. The lowest BCUT2D eigenvalue weighted by molar-refractivity contribution is 0.758. The number of benzene rings is 1. The number of hydrogen-bond acceptors (Lipinski definition) is 2. The third kappa shape index (κ3) is 1.16. The predicted molar refractivity (Wildman–Crippen MR) is 47.2 cm³/mol. The Bertz CT molecular complexity index is 369. The Balaban J connectivity index is 2.51. The van der Waals surface area contributed by atoms with Gasteiger partial charge < -0.3 is 0 Å². The van der Waals surface area contributed by atoms with Crippen molar-refractivity contribution < 1.29 is 0 Å². The minimum Gasteiger partial charge on any atom is -0.203 e. The summed E-state index contributed by atoms with van der Waals surface area (Å²) in [6.07, 6.45) is 1.56. The van der Waals surface area contributed by atoms with Crippen molar-refractivity contribution in [3.8, 4) is 5.69 Å². The lowest BCUT2D eigenvalue weighted by Crippen LogP contribution is -1.96. The van der Waals surface area contributed by atoms with Gasteiger partial charge in [-0.2, -0.15) is 0 Å². The van der Waals surface area contributed by atoms with Gasteiger partial charge >= 0.3 is 0 Å². The molecule has 0 aliphatic rings. The molecule has 0 saturated carbocycles. The van der Waals surface area contributed by atoms with Crippen molar-refractivity contribution >= 4 is 12.6 Å². The summed E-state index contributed by atoms with van der Waals surface area (Å²) in [4.78, 5) is 0. The highest BCUT2D eigenvalue weighted by Crippen LogP contribution is 2.10. The molecule has 0 amide bonds. The van der Waals surface area contributed by atoms with Gasteiger partial charge in [-0.3, -0.25) is 0 Å². The molecule has 0 bridgehead atoms. The molecule has 2 aromatic rings. The SMILES string of the molecule is [S]c1cnnn1-c1ccccc1. The lowest BCUT2D eigenvalue weighted by Gasteiger charge is -1.98. The van der Waals surface area contributed by atoms with Crippen LogP contribution in [0.3, 0.4) is 0 Å². The Morgan fingerprint density at radius 3 is 2.50 bits per heavy atom.